The van der Waals surface area contributed by atoms with Crippen molar-refractivity contribution in [1.29, 1.82) is 0 Å². The van der Waals surface area contributed by atoms with Gasteiger partial charge < -0.3 is 10.1 Å². The number of ether oxygens (including phenoxy) is 1. The Kier molecular flexibility index (Phi) is 6.79. The molecule has 0 heterocycles. The maximum atomic E-state index is 14.0. The SMILES string of the molecule is CCOc1ccc(NC(=O)CN(c2cccc(F)c2)S(=O)(=O)c2cccc3ccccc23)cc1. The highest BCUT2D eigenvalue weighted by Gasteiger charge is 2.29. The summed E-state index contributed by atoms with van der Waals surface area (Å²) in [5.74, 6) is -0.528. The van der Waals surface area contributed by atoms with Crippen LogP contribution in [0.5, 0.6) is 5.75 Å². The zero-order chi connectivity index (χ0) is 24.1. The molecule has 0 bridgehead atoms. The van der Waals surface area contributed by atoms with Crippen LogP contribution in [0.2, 0.25) is 0 Å². The van der Waals surface area contributed by atoms with Gasteiger partial charge in [-0.05, 0) is 60.8 Å². The number of sulfonamides is 1. The number of benzene rings is 4. The number of carbonyl (C=O) groups is 1. The normalized spacial score (nSPS) is 11.2. The van der Waals surface area contributed by atoms with Gasteiger partial charge in [-0.2, -0.15) is 0 Å². The average molecular weight is 479 g/mol. The number of fused-ring (bicyclic) bond motifs is 1. The molecule has 4 aromatic rings. The Labute approximate surface area is 197 Å². The molecule has 1 N–H and O–H groups in total. The molecule has 6 nitrogen and oxygen atoms in total. The Morgan fingerprint density at radius 3 is 2.38 bits per heavy atom. The highest BCUT2D eigenvalue weighted by Crippen LogP contribution is 2.29. The van der Waals surface area contributed by atoms with Crippen molar-refractivity contribution in [3.05, 3.63) is 96.8 Å². The fourth-order valence-corrected chi connectivity index (χ4v) is 5.25. The summed E-state index contributed by atoms with van der Waals surface area (Å²) in [5.41, 5.74) is 0.532. The molecule has 4 rings (SSSR count). The van der Waals surface area contributed by atoms with Crippen molar-refractivity contribution in [2.75, 3.05) is 22.8 Å². The molecule has 0 saturated heterocycles. The molecular formula is C26H23FN2O4S. The summed E-state index contributed by atoms with van der Waals surface area (Å²) in [6, 6.07) is 23.9. The lowest BCUT2D eigenvalue weighted by molar-refractivity contribution is -0.114. The third kappa shape index (κ3) is 5.02. The molecule has 0 fully saturated rings. The van der Waals surface area contributed by atoms with Crippen molar-refractivity contribution in [3.8, 4) is 5.75 Å². The minimum Gasteiger partial charge on any atom is -0.494 e. The molecule has 1 amide bonds. The molecule has 34 heavy (non-hydrogen) atoms. The second-order valence-corrected chi connectivity index (χ2v) is 9.31. The maximum absolute atomic E-state index is 14.0. The summed E-state index contributed by atoms with van der Waals surface area (Å²) in [5, 5.41) is 3.94. The largest absolute Gasteiger partial charge is 0.494 e. The van der Waals surface area contributed by atoms with Crippen LogP contribution in [-0.4, -0.2) is 27.5 Å². The second-order valence-electron chi connectivity index (χ2n) is 7.47. The molecule has 0 aromatic heterocycles. The molecule has 8 heteroatoms. The predicted molar refractivity (Wildman–Crippen MR) is 131 cm³/mol. The summed E-state index contributed by atoms with van der Waals surface area (Å²) in [7, 11) is -4.21. The van der Waals surface area contributed by atoms with E-state index in [2.05, 4.69) is 5.32 Å². The summed E-state index contributed by atoms with van der Waals surface area (Å²) in [6.45, 7) is 1.84. The zero-order valence-corrected chi connectivity index (χ0v) is 19.3. The third-order valence-corrected chi connectivity index (χ3v) is 6.98. The van der Waals surface area contributed by atoms with Crippen LogP contribution in [0.1, 0.15) is 6.92 Å². The van der Waals surface area contributed by atoms with Crippen LogP contribution in [0.15, 0.2) is 95.9 Å². The minimum absolute atomic E-state index is 0.0312. The molecule has 0 aliphatic rings. The van der Waals surface area contributed by atoms with Gasteiger partial charge in [0.1, 0.15) is 18.1 Å². The molecular weight excluding hydrogens is 455 g/mol. The third-order valence-electron chi connectivity index (χ3n) is 5.15. The van der Waals surface area contributed by atoms with Gasteiger partial charge in [0.15, 0.2) is 0 Å². The standard InChI is InChI=1S/C26H23FN2O4S/c1-2-33-23-15-13-21(14-16-23)28-26(30)18-29(22-10-6-9-20(27)17-22)34(31,32)25-12-5-8-19-7-3-4-11-24(19)25/h3-17H,2,18H2,1H3,(H,28,30). The van der Waals surface area contributed by atoms with Crippen LogP contribution >= 0.6 is 0 Å². The number of amides is 1. The van der Waals surface area contributed by atoms with Crippen molar-refractivity contribution in [3.63, 3.8) is 0 Å². The van der Waals surface area contributed by atoms with E-state index in [0.717, 1.165) is 15.8 Å². The number of hydrogen-bond acceptors (Lipinski definition) is 4. The second kappa shape index (κ2) is 9.93. The molecule has 0 unspecified atom stereocenters. The van der Waals surface area contributed by atoms with E-state index in [1.165, 1.54) is 24.3 Å². The first kappa shape index (κ1) is 23.3. The molecule has 0 atom stereocenters. The first-order valence-corrected chi connectivity index (χ1v) is 12.1. The fourth-order valence-electron chi connectivity index (χ4n) is 3.62. The summed E-state index contributed by atoms with van der Waals surface area (Å²) in [4.78, 5) is 12.9. The minimum atomic E-state index is -4.21. The summed E-state index contributed by atoms with van der Waals surface area (Å²) >= 11 is 0. The molecule has 0 saturated carbocycles. The summed E-state index contributed by atoms with van der Waals surface area (Å²) < 4.78 is 47.9. The van der Waals surface area contributed by atoms with Gasteiger partial charge in [0, 0.05) is 11.1 Å². The van der Waals surface area contributed by atoms with E-state index in [0.29, 0.717) is 23.4 Å². The highest BCUT2D eigenvalue weighted by molar-refractivity contribution is 7.93. The van der Waals surface area contributed by atoms with Gasteiger partial charge in [-0.25, -0.2) is 12.8 Å². The number of carbonyl (C=O) groups excluding carboxylic acids is 1. The zero-order valence-electron chi connectivity index (χ0n) is 18.4. The monoisotopic (exact) mass is 478 g/mol. The van der Waals surface area contributed by atoms with Gasteiger partial charge in [-0.3, -0.25) is 9.10 Å². The maximum Gasteiger partial charge on any atom is 0.265 e. The number of nitrogens with one attached hydrogen (secondary N) is 1. The van der Waals surface area contributed by atoms with Crippen LogP contribution in [0.4, 0.5) is 15.8 Å². The fraction of sp³-hybridized carbons (Fsp3) is 0.115. The Hall–Kier alpha value is -3.91. The number of hydrogen-bond donors (Lipinski definition) is 1. The lowest BCUT2D eigenvalue weighted by Gasteiger charge is -2.25. The van der Waals surface area contributed by atoms with Crippen LogP contribution in [0.25, 0.3) is 10.8 Å². The Morgan fingerprint density at radius 1 is 0.941 bits per heavy atom. The van der Waals surface area contributed by atoms with E-state index in [1.807, 2.05) is 13.0 Å². The molecule has 174 valence electrons. The molecule has 0 aliphatic heterocycles. The summed E-state index contributed by atoms with van der Waals surface area (Å²) in [6.07, 6.45) is 0. The number of anilines is 2. The van der Waals surface area contributed by atoms with Crippen molar-refractivity contribution >= 4 is 38.1 Å². The van der Waals surface area contributed by atoms with Gasteiger partial charge in [-0.15, -0.1) is 0 Å². The van der Waals surface area contributed by atoms with E-state index in [9.17, 15) is 17.6 Å². The van der Waals surface area contributed by atoms with Gasteiger partial charge in [0.2, 0.25) is 5.91 Å². The molecule has 0 radical (unpaired) electrons. The average Bonchev–Trinajstić information content (AvgIpc) is 2.83. The molecule has 4 aromatic carbocycles. The van der Waals surface area contributed by atoms with Crippen LogP contribution in [-0.2, 0) is 14.8 Å². The lowest BCUT2D eigenvalue weighted by Crippen LogP contribution is -2.38. The van der Waals surface area contributed by atoms with E-state index >= 15 is 0 Å². The van der Waals surface area contributed by atoms with Crippen molar-refractivity contribution < 1.29 is 22.3 Å². The van der Waals surface area contributed by atoms with Crippen LogP contribution in [0.3, 0.4) is 0 Å². The van der Waals surface area contributed by atoms with Crippen LogP contribution in [0, 0.1) is 5.82 Å². The van der Waals surface area contributed by atoms with Crippen LogP contribution < -0.4 is 14.4 Å². The molecule has 0 spiro atoms. The lowest BCUT2D eigenvalue weighted by atomic mass is 10.1. The van der Waals surface area contributed by atoms with Gasteiger partial charge in [0.05, 0.1) is 17.2 Å². The quantitative estimate of drug-likeness (QED) is 0.377. The van der Waals surface area contributed by atoms with Crippen molar-refractivity contribution in [2.24, 2.45) is 0 Å². The Bertz CT molecular complexity index is 1420. The van der Waals surface area contributed by atoms with E-state index in [1.54, 1.807) is 54.6 Å². The van der Waals surface area contributed by atoms with E-state index < -0.39 is 28.3 Å². The first-order valence-electron chi connectivity index (χ1n) is 10.7. The van der Waals surface area contributed by atoms with E-state index in [-0.39, 0.29) is 10.6 Å². The Morgan fingerprint density at radius 2 is 1.65 bits per heavy atom. The predicted octanol–water partition coefficient (Wildman–Crippen LogP) is 5.21. The topological polar surface area (TPSA) is 75.7 Å². The smallest absolute Gasteiger partial charge is 0.265 e. The van der Waals surface area contributed by atoms with Crippen molar-refractivity contribution in [1.82, 2.24) is 0 Å². The number of rotatable bonds is 8. The van der Waals surface area contributed by atoms with Gasteiger partial charge in [-0.1, -0.05) is 42.5 Å². The number of nitrogens with zero attached hydrogens (tertiary/aromatic N) is 1. The Balaban J connectivity index is 1.69. The van der Waals surface area contributed by atoms with Gasteiger partial charge >= 0.3 is 0 Å². The molecule has 0 aliphatic carbocycles. The van der Waals surface area contributed by atoms with E-state index in [4.69, 9.17) is 4.74 Å². The van der Waals surface area contributed by atoms with Crippen molar-refractivity contribution in [2.45, 2.75) is 11.8 Å². The number of halogens is 1. The van der Waals surface area contributed by atoms with Gasteiger partial charge in [0.25, 0.3) is 10.0 Å². The first-order chi connectivity index (χ1) is 16.4. The highest BCUT2D eigenvalue weighted by atomic mass is 32.2.